The van der Waals surface area contributed by atoms with Crippen molar-refractivity contribution < 1.29 is 0 Å². The van der Waals surface area contributed by atoms with Crippen LogP contribution in [0.5, 0.6) is 0 Å². The fraction of sp³-hybridized carbons (Fsp3) is 0.0476. The molecule has 0 aliphatic heterocycles. The smallest absolute Gasteiger partial charge is 0.0352 e. The largest absolute Gasteiger partial charge is 0.265 e. The summed E-state index contributed by atoms with van der Waals surface area (Å²) in [6, 6.07) is 56.3. The number of hydrogen-bond acceptors (Lipinski definition) is 2. The second kappa shape index (κ2) is 12.7. The third-order valence-corrected chi connectivity index (χ3v) is 8.38. The molecular formula is C42H32N2. The first-order valence-electron chi connectivity index (χ1n) is 15.1. The number of nitrogens with zero attached hydrogens (tertiary/aromatic N) is 2. The van der Waals surface area contributed by atoms with E-state index >= 15 is 0 Å². The fourth-order valence-corrected chi connectivity index (χ4v) is 6.57. The van der Waals surface area contributed by atoms with Crippen LogP contribution in [0.3, 0.4) is 0 Å². The highest BCUT2D eigenvalue weighted by Crippen LogP contribution is 2.50. The third-order valence-electron chi connectivity index (χ3n) is 8.38. The summed E-state index contributed by atoms with van der Waals surface area (Å²) in [5, 5.41) is 0. The van der Waals surface area contributed by atoms with Gasteiger partial charge in [-0.2, -0.15) is 0 Å². The molecule has 0 atom stereocenters. The van der Waals surface area contributed by atoms with Gasteiger partial charge in [0.15, 0.2) is 0 Å². The van der Waals surface area contributed by atoms with E-state index in [9.17, 15) is 0 Å². The number of hydrogen-bond donors (Lipinski definition) is 0. The van der Waals surface area contributed by atoms with Crippen LogP contribution in [0, 0.1) is 0 Å². The Morgan fingerprint density at radius 3 is 0.886 bits per heavy atom. The molecule has 2 heteroatoms. The molecule has 0 spiro atoms. The first kappa shape index (κ1) is 27.2. The summed E-state index contributed by atoms with van der Waals surface area (Å²) in [5.41, 5.74) is 13.9. The third kappa shape index (κ3) is 5.34. The van der Waals surface area contributed by atoms with Crippen LogP contribution in [0.4, 0.5) is 0 Å². The molecule has 210 valence electrons. The molecule has 2 heterocycles. The van der Waals surface area contributed by atoms with Crippen molar-refractivity contribution in [3.8, 4) is 22.3 Å². The summed E-state index contributed by atoms with van der Waals surface area (Å²) in [6.45, 7) is 0. The van der Waals surface area contributed by atoms with Crippen molar-refractivity contribution >= 4 is 0 Å². The van der Waals surface area contributed by atoms with Crippen molar-refractivity contribution in [1.29, 1.82) is 0 Å². The zero-order chi connectivity index (χ0) is 29.6. The molecule has 2 nitrogen and oxygen atoms in total. The Labute approximate surface area is 259 Å². The predicted molar refractivity (Wildman–Crippen MR) is 181 cm³/mol. The highest BCUT2D eigenvalue weighted by molar-refractivity contribution is 5.82. The van der Waals surface area contributed by atoms with Crippen molar-refractivity contribution in [3.05, 3.63) is 216 Å². The SMILES string of the molecule is c1cc(C2c3ccccc3-c3ccccc32)cc(C2c3ccccc3-c3ccccc32)c1.c1ccncc1.c1ccncc1. The average molecular weight is 565 g/mol. The molecule has 0 amide bonds. The first-order chi connectivity index (χ1) is 21.9. The summed E-state index contributed by atoms with van der Waals surface area (Å²) < 4.78 is 0. The van der Waals surface area contributed by atoms with Crippen molar-refractivity contribution in [2.24, 2.45) is 0 Å². The van der Waals surface area contributed by atoms with Gasteiger partial charge in [0, 0.05) is 36.6 Å². The molecule has 9 rings (SSSR count). The molecule has 2 aromatic heterocycles. The van der Waals surface area contributed by atoms with E-state index in [0.717, 1.165) is 0 Å². The Hall–Kier alpha value is -5.60. The molecule has 0 fully saturated rings. The van der Waals surface area contributed by atoms with Crippen molar-refractivity contribution in [2.45, 2.75) is 11.8 Å². The van der Waals surface area contributed by atoms with E-state index in [2.05, 4.69) is 131 Å². The van der Waals surface area contributed by atoms with Crippen LogP contribution in [-0.4, -0.2) is 9.97 Å². The molecule has 7 aromatic rings. The normalized spacial score (nSPS) is 12.4. The number of fused-ring (bicyclic) bond motifs is 6. The maximum Gasteiger partial charge on any atom is 0.0352 e. The van der Waals surface area contributed by atoms with E-state index < -0.39 is 0 Å². The molecule has 0 radical (unpaired) electrons. The second-order valence-electron chi connectivity index (χ2n) is 10.9. The highest BCUT2D eigenvalue weighted by Gasteiger charge is 2.32. The van der Waals surface area contributed by atoms with E-state index in [-0.39, 0.29) is 11.8 Å². The van der Waals surface area contributed by atoms with Crippen LogP contribution < -0.4 is 0 Å². The molecule has 0 N–H and O–H groups in total. The quantitative estimate of drug-likeness (QED) is 0.209. The van der Waals surface area contributed by atoms with Crippen molar-refractivity contribution in [1.82, 2.24) is 9.97 Å². The van der Waals surface area contributed by atoms with E-state index in [0.29, 0.717) is 0 Å². The summed E-state index contributed by atoms with van der Waals surface area (Å²) in [6.07, 6.45) is 7.00. The van der Waals surface area contributed by atoms with Gasteiger partial charge in [-0.05, 0) is 79.9 Å². The molecule has 44 heavy (non-hydrogen) atoms. The van der Waals surface area contributed by atoms with Gasteiger partial charge in [-0.3, -0.25) is 9.97 Å². The van der Waals surface area contributed by atoms with E-state index in [1.54, 1.807) is 24.8 Å². The summed E-state index contributed by atoms with van der Waals surface area (Å²) in [4.78, 5) is 7.57. The number of benzene rings is 5. The van der Waals surface area contributed by atoms with Gasteiger partial charge in [0.25, 0.3) is 0 Å². The number of pyridine rings is 2. The van der Waals surface area contributed by atoms with Crippen LogP contribution in [0.2, 0.25) is 0 Å². The molecule has 2 aliphatic carbocycles. The minimum atomic E-state index is 0.286. The lowest BCUT2D eigenvalue weighted by Gasteiger charge is -2.19. The maximum absolute atomic E-state index is 3.78. The monoisotopic (exact) mass is 564 g/mol. The van der Waals surface area contributed by atoms with Gasteiger partial charge in [0.05, 0.1) is 0 Å². The lowest BCUT2D eigenvalue weighted by molar-refractivity contribution is 0.973. The van der Waals surface area contributed by atoms with Gasteiger partial charge in [-0.15, -0.1) is 0 Å². The van der Waals surface area contributed by atoms with Crippen LogP contribution >= 0.6 is 0 Å². The van der Waals surface area contributed by atoms with E-state index in [1.807, 2.05) is 36.4 Å². The summed E-state index contributed by atoms with van der Waals surface area (Å²) in [5.74, 6) is 0.573. The molecule has 0 saturated heterocycles. The Morgan fingerprint density at radius 2 is 0.614 bits per heavy atom. The molecule has 0 bridgehead atoms. The highest BCUT2D eigenvalue weighted by atomic mass is 14.6. The Morgan fingerprint density at radius 1 is 0.295 bits per heavy atom. The minimum Gasteiger partial charge on any atom is -0.265 e. The van der Waals surface area contributed by atoms with Crippen LogP contribution in [-0.2, 0) is 0 Å². The van der Waals surface area contributed by atoms with Crippen molar-refractivity contribution in [3.63, 3.8) is 0 Å². The number of aromatic nitrogens is 2. The molecule has 0 unspecified atom stereocenters. The Balaban J connectivity index is 0.000000218. The van der Waals surface area contributed by atoms with E-state index in [4.69, 9.17) is 0 Å². The topological polar surface area (TPSA) is 25.8 Å². The van der Waals surface area contributed by atoms with Crippen LogP contribution in [0.15, 0.2) is 183 Å². The molecule has 2 aliphatic rings. The van der Waals surface area contributed by atoms with Gasteiger partial charge in [0.2, 0.25) is 0 Å². The standard InChI is InChI=1S/C32H22.2C5H5N/c1-5-16-27-23(12-1)24-13-2-6-17-28(24)31(27)21-10-9-11-22(20-21)32-29-18-7-3-14-25(29)26-15-4-8-19-30(26)32;2*1-2-4-6-5-3-1/h1-20,31-32H;2*1-5H. The first-order valence-corrected chi connectivity index (χ1v) is 15.1. The van der Waals surface area contributed by atoms with Gasteiger partial charge < -0.3 is 0 Å². The summed E-state index contributed by atoms with van der Waals surface area (Å²) in [7, 11) is 0. The van der Waals surface area contributed by atoms with Gasteiger partial charge in [-0.25, -0.2) is 0 Å². The predicted octanol–water partition coefficient (Wildman–Crippen LogP) is 10.2. The minimum absolute atomic E-state index is 0.286. The molecule has 0 saturated carbocycles. The zero-order valence-corrected chi connectivity index (χ0v) is 24.4. The Kier molecular flexibility index (Phi) is 7.88. The van der Waals surface area contributed by atoms with Gasteiger partial charge in [-0.1, -0.05) is 133 Å². The van der Waals surface area contributed by atoms with Crippen LogP contribution in [0.1, 0.15) is 45.2 Å². The van der Waals surface area contributed by atoms with Gasteiger partial charge in [0.1, 0.15) is 0 Å². The van der Waals surface area contributed by atoms with Crippen LogP contribution in [0.25, 0.3) is 22.3 Å². The Bertz CT molecular complexity index is 1700. The van der Waals surface area contributed by atoms with Crippen molar-refractivity contribution in [2.75, 3.05) is 0 Å². The maximum atomic E-state index is 3.78. The lowest BCUT2D eigenvalue weighted by Crippen LogP contribution is -2.03. The lowest BCUT2D eigenvalue weighted by atomic mass is 9.84. The molecule has 5 aromatic carbocycles. The average Bonchev–Trinajstić information content (AvgIpc) is 3.64. The molecular weight excluding hydrogens is 532 g/mol. The summed E-state index contributed by atoms with van der Waals surface area (Å²) >= 11 is 0. The fourth-order valence-electron chi connectivity index (χ4n) is 6.57. The number of rotatable bonds is 2. The van der Waals surface area contributed by atoms with E-state index in [1.165, 1.54) is 55.6 Å². The van der Waals surface area contributed by atoms with Gasteiger partial charge >= 0.3 is 0 Å². The second-order valence-corrected chi connectivity index (χ2v) is 10.9. The zero-order valence-electron chi connectivity index (χ0n) is 24.4.